The Kier molecular flexibility index (Phi) is 6.51. The Bertz CT molecular complexity index is 1160. The van der Waals surface area contributed by atoms with E-state index >= 15 is 0 Å². The van der Waals surface area contributed by atoms with Crippen molar-refractivity contribution in [1.82, 2.24) is 5.32 Å². The number of aryl methyl sites for hydroxylation is 1. The van der Waals surface area contributed by atoms with Crippen LogP contribution in [-0.4, -0.2) is 14.3 Å². The van der Waals surface area contributed by atoms with Crippen molar-refractivity contribution >= 4 is 21.6 Å². The first-order valence-corrected chi connectivity index (χ1v) is 11.6. The summed E-state index contributed by atoms with van der Waals surface area (Å²) in [6.07, 6.45) is 0. The maximum absolute atomic E-state index is 12.6. The van der Waals surface area contributed by atoms with E-state index in [9.17, 15) is 13.2 Å². The largest absolute Gasteiger partial charge is 0.348 e. The van der Waals surface area contributed by atoms with E-state index in [1.165, 1.54) is 11.6 Å². The van der Waals surface area contributed by atoms with Gasteiger partial charge in [0, 0.05) is 17.8 Å². The van der Waals surface area contributed by atoms with E-state index in [1.807, 2.05) is 19.1 Å². The molecule has 6 heteroatoms. The maximum atomic E-state index is 12.6. The van der Waals surface area contributed by atoms with Gasteiger partial charge in [-0.1, -0.05) is 68.8 Å². The van der Waals surface area contributed by atoms with Crippen LogP contribution < -0.4 is 10.0 Å². The Morgan fingerprint density at radius 3 is 2.16 bits per heavy atom. The van der Waals surface area contributed by atoms with E-state index < -0.39 is 10.0 Å². The molecule has 0 unspecified atom stereocenters. The van der Waals surface area contributed by atoms with Crippen molar-refractivity contribution in [2.24, 2.45) is 0 Å². The highest BCUT2D eigenvalue weighted by Crippen LogP contribution is 2.22. The summed E-state index contributed by atoms with van der Waals surface area (Å²) in [6.45, 7) is 8.75. The Morgan fingerprint density at radius 2 is 1.55 bits per heavy atom. The van der Waals surface area contributed by atoms with Crippen LogP contribution in [0.4, 0.5) is 5.69 Å². The second kappa shape index (κ2) is 8.94. The Hall–Kier alpha value is -3.12. The molecule has 0 saturated heterocycles. The van der Waals surface area contributed by atoms with Gasteiger partial charge in [0.05, 0.1) is 4.90 Å². The first-order chi connectivity index (χ1) is 14.5. The summed E-state index contributed by atoms with van der Waals surface area (Å²) in [5, 5.41) is 2.89. The minimum absolute atomic E-state index is 0.0775. The monoisotopic (exact) mass is 436 g/mol. The molecule has 0 aromatic heterocycles. The highest BCUT2D eigenvalue weighted by molar-refractivity contribution is 7.92. The van der Waals surface area contributed by atoms with Gasteiger partial charge in [-0.05, 0) is 53.8 Å². The van der Waals surface area contributed by atoms with Crippen molar-refractivity contribution in [1.29, 1.82) is 0 Å². The lowest BCUT2D eigenvalue weighted by atomic mass is 9.87. The SMILES string of the molecule is Cc1ccc(S(=O)(=O)Nc2cccc(C(=O)NCc3ccc(C(C)(C)C)cc3)c2)cc1. The predicted octanol–water partition coefficient (Wildman–Crippen LogP) is 5.02. The van der Waals surface area contributed by atoms with Crippen molar-refractivity contribution in [3.63, 3.8) is 0 Å². The van der Waals surface area contributed by atoms with E-state index in [0.29, 0.717) is 17.8 Å². The first-order valence-electron chi connectivity index (χ1n) is 10.1. The number of carbonyl (C=O) groups is 1. The fraction of sp³-hybridized carbons (Fsp3) is 0.240. The highest BCUT2D eigenvalue weighted by Gasteiger charge is 2.15. The lowest BCUT2D eigenvalue weighted by Crippen LogP contribution is -2.23. The van der Waals surface area contributed by atoms with Gasteiger partial charge in [0.1, 0.15) is 0 Å². The van der Waals surface area contributed by atoms with Crippen LogP contribution in [-0.2, 0) is 22.0 Å². The number of carbonyl (C=O) groups excluding carboxylic acids is 1. The van der Waals surface area contributed by atoms with Gasteiger partial charge in [-0.2, -0.15) is 0 Å². The van der Waals surface area contributed by atoms with E-state index in [0.717, 1.165) is 11.1 Å². The molecule has 0 aliphatic rings. The van der Waals surface area contributed by atoms with E-state index in [1.54, 1.807) is 42.5 Å². The molecule has 162 valence electrons. The third-order valence-electron chi connectivity index (χ3n) is 4.98. The summed E-state index contributed by atoms with van der Waals surface area (Å²) in [5.41, 5.74) is 4.01. The topological polar surface area (TPSA) is 75.3 Å². The number of rotatable bonds is 6. The molecule has 5 nitrogen and oxygen atoms in total. The molecule has 0 saturated carbocycles. The van der Waals surface area contributed by atoms with Crippen LogP contribution in [0.2, 0.25) is 0 Å². The van der Waals surface area contributed by atoms with Crippen molar-refractivity contribution in [2.45, 2.75) is 44.6 Å². The van der Waals surface area contributed by atoms with E-state index in [4.69, 9.17) is 0 Å². The molecule has 0 atom stereocenters. The molecule has 3 aromatic rings. The summed E-state index contributed by atoms with van der Waals surface area (Å²) in [6, 6.07) is 21.2. The van der Waals surface area contributed by atoms with Gasteiger partial charge in [-0.15, -0.1) is 0 Å². The van der Waals surface area contributed by atoms with Crippen LogP contribution >= 0.6 is 0 Å². The van der Waals surface area contributed by atoms with Gasteiger partial charge in [0.2, 0.25) is 0 Å². The molecule has 0 spiro atoms. The third kappa shape index (κ3) is 5.95. The van der Waals surface area contributed by atoms with Crippen molar-refractivity contribution < 1.29 is 13.2 Å². The molecule has 0 aliphatic carbocycles. The first kappa shape index (κ1) is 22.6. The van der Waals surface area contributed by atoms with Gasteiger partial charge < -0.3 is 5.32 Å². The third-order valence-corrected chi connectivity index (χ3v) is 6.38. The van der Waals surface area contributed by atoms with E-state index in [2.05, 4.69) is 42.9 Å². The van der Waals surface area contributed by atoms with Gasteiger partial charge >= 0.3 is 0 Å². The Labute approximate surface area is 184 Å². The fourth-order valence-electron chi connectivity index (χ4n) is 3.06. The summed E-state index contributed by atoms with van der Waals surface area (Å²) >= 11 is 0. The second-order valence-electron chi connectivity index (χ2n) is 8.63. The van der Waals surface area contributed by atoms with Crippen LogP contribution in [0.25, 0.3) is 0 Å². The van der Waals surface area contributed by atoms with Crippen LogP contribution in [0.1, 0.15) is 47.8 Å². The minimum atomic E-state index is -3.73. The quantitative estimate of drug-likeness (QED) is 0.569. The van der Waals surface area contributed by atoms with Crippen molar-refractivity contribution in [2.75, 3.05) is 4.72 Å². The molecule has 0 heterocycles. The van der Waals surface area contributed by atoms with Crippen LogP contribution in [0.5, 0.6) is 0 Å². The highest BCUT2D eigenvalue weighted by atomic mass is 32.2. The zero-order chi connectivity index (χ0) is 22.6. The number of hydrogen-bond acceptors (Lipinski definition) is 3. The summed E-state index contributed by atoms with van der Waals surface area (Å²) in [7, 11) is -3.73. The van der Waals surface area contributed by atoms with Crippen LogP contribution in [0.3, 0.4) is 0 Å². The number of benzene rings is 3. The van der Waals surface area contributed by atoms with Crippen LogP contribution in [0, 0.1) is 6.92 Å². The van der Waals surface area contributed by atoms with Gasteiger partial charge in [0.15, 0.2) is 0 Å². The number of anilines is 1. The molecular weight excluding hydrogens is 408 g/mol. The fourth-order valence-corrected chi connectivity index (χ4v) is 4.11. The number of amides is 1. The second-order valence-corrected chi connectivity index (χ2v) is 10.3. The predicted molar refractivity (Wildman–Crippen MR) is 125 cm³/mol. The zero-order valence-electron chi connectivity index (χ0n) is 18.3. The zero-order valence-corrected chi connectivity index (χ0v) is 19.1. The molecule has 1 amide bonds. The molecule has 3 rings (SSSR count). The lowest BCUT2D eigenvalue weighted by Gasteiger charge is -2.19. The molecular formula is C25H28N2O3S. The molecule has 2 N–H and O–H groups in total. The summed E-state index contributed by atoms with van der Waals surface area (Å²) in [5.74, 6) is -0.267. The molecule has 0 aliphatic heterocycles. The Morgan fingerprint density at radius 1 is 0.903 bits per heavy atom. The number of sulfonamides is 1. The average molecular weight is 437 g/mol. The maximum Gasteiger partial charge on any atom is 0.261 e. The number of hydrogen-bond donors (Lipinski definition) is 2. The average Bonchev–Trinajstić information content (AvgIpc) is 2.72. The molecule has 3 aromatic carbocycles. The molecule has 0 bridgehead atoms. The van der Waals surface area contributed by atoms with Crippen LogP contribution in [0.15, 0.2) is 77.7 Å². The minimum Gasteiger partial charge on any atom is -0.348 e. The van der Waals surface area contributed by atoms with Crippen molar-refractivity contribution in [3.05, 3.63) is 95.1 Å². The smallest absolute Gasteiger partial charge is 0.261 e. The summed E-state index contributed by atoms with van der Waals surface area (Å²) in [4.78, 5) is 12.8. The van der Waals surface area contributed by atoms with Gasteiger partial charge in [-0.25, -0.2) is 8.42 Å². The van der Waals surface area contributed by atoms with Gasteiger partial charge in [0.25, 0.3) is 15.9 Å². The standard InChI is InChI=1S/C25H28N2O3S/c1-18-8-14-23(15-9-18)31(29,30)27-22-7-5-6-20(16-22)24(28)26-17-19-10-12-21(13-11-19)25(2,3)4/h5-16,27H,17H2,1-4H3,(H,26,28). The molecule has 0 radical (unpaired) electrons. The Balaban J connectivity index is 1.66. The normalized spacial score (nSPS) is 11.7. The van der Waals surface area contributed by atoms with E-state index in [-0.39, 0.29) is 16.2 Å². The molecule has 0 fully saturated rings. The van der Waals surface area contributed by atoms with Crippen molar-refractivity contribution in [3.8, 4) is 0 Å². The van der Waals surface area contributed by atoms with Gasteiger partial charge in [-0.3, -0.25) is 9.52 Å². The number of nitrogens with one attached hydrogen (secondary N) is 2. The lowest BCUT2D eigenvalue weighted by molar-refractivity contribution is 0.0951. The molecule has 31 heavy (non-hydrogen) atoms. The summed E-state index contributed by atoms with van der Waals surface area (Å²) < 4.78 is 27.7.